The molecule has 0 bridgehead atoms. The van der Waals surface area contributed by atoms with Gasteiger partial charge in [0.25, 0.3) is 5.91 Å². The highest BCUT2D eigenvalue weighted by molar-refractivity contribution is 6.23. The number of pyridine rings is 1. The Hall–Kier alpha value is -2.64. The molecule has 0 spiro atoms. The summed E-state index contributed by atoms with van der Waals surface area (Å²) in [4.78, 5) is 36.3. The molecule has 0 aliphatic carbocycles. The minimum absolute atomic E-state index is 0.344. The van der Waals surface area contributed by atoms with E-state index in [1.807, 2.05) is 6.07 Å². The van der Waals surface area contributed by atoms with Gasteiger partial charge in [-0.3, -0.25) is 19.4 Å². The van der Waals surface area contributed by atoms with E-state index < -0.39 is 29.8 Å². The summed E-state index contributed by atoms with van der Waals surface area (Å²) in [5, 5.41) is 1.53. The average Bonchev–Trinajstić information content (AvgIpc) is 3.05. The third-order valence-electron chi connectivity index (χ3n) is 4.42. The molecule has 3 heterocycles. The van der Waals surface area contributed by atoms with Crippen LogP contribution >= 0.6 is 0 Å². The molecule has 0 N–H and O–H groups in total. The molecule has 1 aromatic carbocycles. The number of hydrogen-bond acceptors (Lipinski definition) is 5. The number of hydrogen-bond donors (Lipinski definition) is 0. The van der Waals surface area contributed by atoms with Crippen molar-refractivity contribution in [3.8, 4) is 0 Å². The number of aromatic nitrogens is 1. The molecule has 0 unspecified atom stereocenters. The number of hydroxylamine groups is 2. The van der Waals surface area contributed by atoms with Gasteiger partial charge in [-0.15, -0.1) is 0 Å². The molecule has 2 aliphatic heterocycles. The van der Waals surface area contributed by atoms with Crippen LogP contribution in [0.4, 0.5) is 10.1 Å². The maximum atomic E-state index is 13.1. The Morgan fingerprint density at radius 2 is 1.88 bits per heavy atom. The molecule has 2 saturated heterocycles. The molecular formula is C17H14FN3O3. The second-order valence-electron chi connectivity index (χ2n) is 5.82. The molecule has 0 saturated carbocycles. The van der Waals surface area contributed by atoms with Crippen molar-refractivity contribution in [2.75, 3.05) is 11.9 Å². The third-order valence-corrected chi connectivity index (χ3v) is 4.42. The fourth-order valence-corrected chi connectivity index (χ4v) is 3.36. The number of imide groups is 1. The lowest BCUT2D eigenvalue weighted by atomic mass is 9.92. The van der Waals surface area contributed by atoms with Crippen molar-refractivity contribution in [2.45, 2.75) is 12.1 Å². The molecule has 2 aromatic rings. The van der Waals surface area contributed by atoms with E-state index in [1.54, 1.807) is 25.5 Å². The summed E-state index contributed by atoms with van der Waals surface area (Å²) < 4.78 is 13.1. The van der Waals surface area contributed by atoms with E-state index in [-0.39, 0.29) is 5.91 Å². The summed E-state index contributed by atoms with van der Waals surface area (Å²) in [6, 6.07) is 8.48. The van der Waals surface area contributed by atoms with Crippen molar-refractivity contribution < 1.29 is 18.8 Å². The number of benzene rings is 1. The minimum Gasteiger partial charge on any atom is -0.284 e. The Morgan fingerprint density at radius 3 is 2.54 bits per heavy atom. The SMILES string of the molecule is CN1O[C@@H]2C(=O)N(c3ccc(F)cc3)C(=O)[C@@H]2[C@H]1c1cccnc1. The number of nitrogens with zero attached hydrogens (tertiary/aromatic N) is 3. The van der Waals surface area contributed by atoms with Crippen molar-refractivity contribution in [1.82, 2.24) is 10.0 Å². The summed E-state index contributed by atoms with van der Waals surface area (Å²) in [5.41, 5.74) is 1.14. The van der Waals surface area contributed by atoms with Crippen LogP contribution in [0, 0.1) is 11.7 Å². The zero-order valence-corrected chi connectivity index (χ0v) is 12.8. The van der Waals surface area contributed by atoms with E-state index in [0.29, 0.717) is 5.69 Å². The maximum Gasteiger partial charge on any atom is 0.265 e. The van der Waals surface area contributed by atoms with Gasteiger partial charge in [-0.05, 0) is 35.9 Å². The minimum atomic E-state index is -0.877. The second kappa shape index (κ2) is 5.47. The van der Waals surface area contributed by atoms with E-state index >= 15 is 0 Å². The first-order chi connectivity index (χ1) is 11.6. The summed E-state index contributed by atoms with van der Waals surface area (Å²) >= 11 is 0. The Morgan fingerprint density at radius 1 is 1.12 bits per heavy atom. The van der Waals surface area contributed by atoms with E-state index in [1.165, 1.54) is 29.3 Å². The molecular weight excluding hydrogens is 313 g/mol. The highest BCUT2D eigenvalue weighted by Gasteiger charge is 2.59. The molecule has 2 amide bonds. The van der Waals surface area contributed by atoms with Gasteiger partial charge in [-0.25, -0.2) is 9.29 Å². The van der Waals surface area contributed by atoms with Crippen LogP contribution < -0.4 is 4.90 Å². The van der Waals surface area contributed by atoms with E-state index in [9.17, 15) is 14.0 Å². The van der Waals surface area contributed by atoms with Gasteiger partial charge in [0.1, 0.15) is 5.82 Å². The number of anilines is 1. The first kappa shape index (κ1) is 14.9. The quantitative estimate of drug-likeness (QED) is 0.786. The molecule has 1 aromatic heterocycles. The van der Waals surface area contributed by atoms with Gasteiger partial charge >= 0.3 is 0 Å². The number of amides is 2. The van der Waals surface area contributed by atoms with Crippen LogP contribution in [0.15, 0.2) is 48.8 Å². The molecule has 3 atom stereocenters. The topological polar surface area (TPSA) is 62.7 Å². The Labute approximate surface area is 137 Å². The van der Waals surface area contributed by atoms with Crippen LogP contribution in [0.5, 0.6) is 0 Å². The first-order valence-electron chi connectivity index (χ1n) is 7.51. The summed E-state index contributed by atoms with van der Waals surface area (Å²) in [7, 11) is 1.69. The summed E-state index contributed by atoms with van der Waals surface area (Å²) in [6.07, 6.45) is 2.42. The smallest absolute Gasteiger partial charge is 0.265 e. The fraction of sp³-hybridized carbons (Fsp3) is 0.235. The highest BCUT2D eigenvalue weighted by Crippen LogP contribution is 2.44. The number of carbonyl (C=O) groups is 2. The standard InChI is InChI=1S/C17H14FN3O3/c1-20-14(10-3-2-8-19-9-10)13-15(24-20)17(23)21(16(13)22)12-6-4-11(18)5-7-12/h2-9,13-15H,1H3/t13-,14-,15+/m1/s1. The molecule has 2 aliphatic rings. The fourth-order valence-electron chi connectivity index (χ4n) is 3.36. The lowest BCUT2D eigenvalue weighted by Crippen LogP contribution is -2.36. The van der Waals surface area contributed by atoms with Crippen molar-refractivity contribution in [2.24, 2.45) is 5.92 Å². The lowest BCUT2D eigenvalue weighted by Gasteiger charge is -2.23. The maximum absolute atomic E-state index is 13.1. The van der Waals surface area contributed by atoms with Crippen LogP contribution in [0.1, 0.15) is 11.6 Å². The van der Waals surface area contributed by atoms with Gasteiger partial charge in [0, 0.05) is 19.4 Å². The normalized spacial score (nSPS) is 26.9. The molecule has 0 radical (unpaired) electrons. The van der Waals surface area contributed by atoms with Crippen molar-refractivity contribution in [1.29, 1.82) is 0 Å². The number of rotatable bonds is 2. The molecule has 24 heavy (non-hydrogen) atoms. The van der Waals surface area contributed by atoms with Gasteiger partial charge in [0.2, 0.25) is 5.91 Å². The Kier molecular flexibility index (Phi) is 3.40. The molecule has 122 valence electrons. The van der Waals surface area contributed by atoms with E-state index in [0.717, 1.165) is 10.5 Å². The van der Waals surface area contributed by atoms with Gasteiger partial charge in [0.15, 0.2) is 6.10 Å². The highest BCUT2D eigenvalue weighted by atomic mass is 19.1. The van der Waals surface area contributed by atoms with Crippen LogP contribution in [0.25, 0.3) is 0 Å². The average molecular weight is 327 g/mol. The molecule has 6 nitrogen and oxygen atoms in total. The van der Waals surface area contributed by atoms with Crippen molar-refractivity contribution in [3.05, 3.63) is 60.2 Å². The zero-order chi connectivity index (χ0) is 16.8. The largest absolute Gasteiger partial charge is 0.284 e. The van der Waals surface area contributed by atoms with Crippen molar-refractivity contribution >= 4 is 17.5 Å². The lowest BCUT2D eigenvalue weighted by molar-refractivity contribution is -0.160. The van der Waals surface area contributed by atoms with Gasteiger partial charge in [0.05, 0.1) is 17.6 Å². The van der Waals surface area contributed by atoms with Gasteiger partial charge in [-0.1, -0.05) is 6.07 Å². The Balaban J connectivity index is 1.72. The van der Waals surface area contributed by atoms with Crippen LogP contribution in [0.3, 0.4) is 0 Å². The predicted molar refractivity (Wildman–Crippen MR) is 82.0 cm³/mol. The van der Waals surface area contributed by atoms with Gasteiger partial charge < -0.3 is 0 Å². The van der Waals surface area contributed by atoms with Crippen LogP contribution in [-0.4, -0.2) is 35.0 Å². The first-order valence-corrected chi connectivity index (χ1v) is 7.51. The van der Waals surface area contributed by atoms with E-state index in [2.05, 4.69) is 4.98 Å². The summed E-state index contributed by atoms with van der Waals surface area (Å²) in [5.74, 6) is -1.87. The van der Waals surface area contributed by atoms with Crippen LogP contribution in [0.2, 0.25) is 0 Å². The third kappa shape index (κ3) is 2.13. The van der Waals surface area contributed by atoms with Gasteiger partial charge in [-0.2, -0.15) is 5.06 Å². The number of carbonyl (C=O) groups excluding carboxylic acids is 2. The molecule has 4 rings (SSSR count). The van der Waals surface area contributed by atoms with Crippen molar-refractivity contribution in [3.63, 3.8) is 0 Å². The second-order valence-corrected chi connectivity index (χ2v) is 5.82. The Bertz CT molecular complexity index is 796. The predicted octanol–water partition coefficient (Wildman–Crippen LogP) is 1.70. The molecule has 7 heteroatoms. The monoisotopic (exact) mass is 327 g/mol. The number of halogens is 1. The zero-order valence-electron chi connectivity index (χ0n) is 12.8. The number of fused-ring (bicyclic) bond motifs is 1. The van der Waals surface area contributed by atoms with E-state index in [4.69, 9.17) is 4.84 Å². The molecule has 2 fully saturated rings. The van der Waals surface area contributed by atoms with Crippen LogP contribution in [-0.2, 0) is 14.4 Å². The summed E-state index contributed by atoms with van der Waals surface area (Å²) in [6.45, 7) is 0.